The molecular formula is C18H22N2O5S. The molecule has 0 bridgehead atoms. The normalized spacial score (nSPS) is 11.1. The minimum absolute atomic E-state index is 0.155. The van der Waals surface area contributed by atoms with Crippen LogP contribution in [0, 0.1) is 13.8 Å². The van der Waals surface area contributed by atoms with E-state index in [0.29, 0.717) is 22.7 Å². The van der Waals surface area contributed by atoms with Gasteiger partial charge in [-0.1, -0.05) is 17.7 Å². The molecule has 0 heterocycles. The highest BCUT2D eigenvalue weighted by Crippen LogP contribution is 2.29. The van der Waals surface area contributed by atoms with Crippen LogP contribution in [0.2, 0.25) is 0 Å². The second-order valence-corrected chi connectivity index (χ2v) is 7.45. The van der Waals surface area contributed by atoms with E-state index in [1.165, 1.54) is 20.3 Å². The minimum atomic E-state index is -3.77. The Bertz CT molecular complexity index is 910. The molecule has 0 aromatic heterocycles. The van der Waals surface area contributed by atoms with Gasteiger partial charge in [0.2, 0.25) is 15.9 Å². The Morgan fingerprint density at radius 2 is 1.69 bits per heavy atom. The highest BCUT2D eigenvalue weighted by Gasteiger charge is 2.18. The van der Waals surface area contributed by atoms with E-state index in [9.17, 15) is 13.2 Å². The fourth-order valence-electron chi connectivity index (χ4n) is 2.46. The zero-order valence-corrected chi connectivity index (χ0v) is 15.9. The topological polar surface area (TPSA) is 93.7 Å². The predicted molar refractivity (Wildman–Crippen MR) is 99.3 cm³/mol. The largest absolute Gasteiger partial charge is 0.493 e. The SMILES string of the molecule is COc1ccc(NC(=O)CNS(=O)(=O)c2ccc(C)cc2C)cc1OC. The number of carbonyl (C=O) groups is 1. The molecule has 7 nitrogen and oxygen atoms in total. The average Bonchev–Trinajstić information content (AvgIpc) is 2.59. The van der Waals surface area contributed by atoms with Crippen LogP contribution in [0.3, 0.4) is 0 Å². The summed E-state index contributed by atoms with van der Waals surface area (Å²) in [5, 5.41) is 2.61. The Hall–Kier alpha value is -2.58. The van der Waals surface area contributed by atoms with E-state index < -0.39 is 15.9 Å². The van der Waals surface area contributed by atoms with Crippen LogP contribution >= 0.6 is 0 Å². The number of sulfonamides is 1. The van der Waals surface area contributed by atoms with E-state index >= 15 is 0 Å². The number of amides is 1. The molecule has 0 spiro atoms. The van der Waals surface area contributed by atoms with Gasteiger partial charge in [-0.3, -0.25) is 4.79 Å². The summed E-state index contributed by atoms with van der Waals surface area (Å²) >= 11 is 0. The molecule has 0 saturated heterocycles. The molecule has 0 saturated carbocycles. The van der Waals surface area contributed by atoms with Crippen LogP contribution in [-0.4, -0.2) is 35.1 Å². The average molecular weight is 378 g/mol. The summed E-state index contributed by atoms with van der Waals surface area (Å²) in [7, 11) is -0.775. The lowest BCUT2D eigenvalue weighted by Crippen LogP contribution is -2.33. The quantitative estimate of drug-likeness (QED) is 0.771. The molecule has 2 N–H and O–H groups in total. The zero-order valence-electron chi connectivity index (χ0n) is 15.1. The second kappa shape index (κ2) is 8.20. The van der Waals surface area contributed by atoms with Gasteiger partial charge in [-0.05, 0) is 37.6 Å². The number of methoxy groups -OCH3 is 2. The fraction of sp³-hybridized carbons (Fsp3) is 0.278. The Kier molecular flexibility index (Phi) is 6.23. The molecule has 0 aliphatic rings. The molecule has 0 atom stereocenters. The number of carbonyl (C=O) groups excluding carboxylic acids is 1. The maximum atomic E-state index is 12.4. The van der Waals surface area contributed by atoms with Crippen molar-refractivity contribution >= 4 is 21.6 Å². The van der Waals surface area contributed by atoms with Gasteiger partial charge in [-0.25, -0.2) is 13.1 Å². The molecule has 26 heavy (non-hydrogen) atoms. The van der Waals surface area contributed by atoms with Crippen molar-refractivity contribution in [2.24, 2.45) is 0 Å². The van der Waals surface area contributed by atoms with E-state index in [1.807, 2.05) is 6.92 Å². The molecule has 1 amide bonds. The van der Waals surface area contributed by atoms with Crippen molar-refractivity contribution in [3.8, 4) is 11.5 Å². The third-order valence-electron chi connectivity index (χ3n) is 3.71. The highest BCUT2D eigenvalue weighted by molar-refractivity contribution is 7.89. The van der Waals surface area contributed by atoms with Crippen LogP contribution in [0.4, 0.5) is 5.69 Å². The number of aryl methyl sites for hydroxylation is 2. The number of hydrogen-bond donors (Lipinski definition) is 2. The molecule has 0 fully saturated rings. The smallest absolute Gasteiger partial charge is 0.241 e. The van der Waals surface area contributed by atoms with Crippen molar-refractivity contribution in [1.29, 1.82) is 0 Å². The molecule has 0 radical (unpaired) electrons. The van der Waals surface area contributed by atoms with Crippen molar-refractivity contribution in [3.63, 3.8) is 0 Å². The molecule has 0 unspecified atom stereocenters. The molecule has 2 aromatic carbocycles. The van der Waals surface area contributed by atoms with Gasteiger partial charge in [-0.2, -0.15) is 0 Å². The van der Waals surface area contributed by atoms with Crippen molar-refractivity contribution in [2.75, 3.05) is 26.1 Å². The number of ether oxygens (including phenoxy) is 2. The first-order valence-electron chi connectivity index (χ1n) is 7.85. The van der Waals surface area contributed by atoms with Gasteiger partial charge in [0.15, 0.2) is 11.5 Å². The monoisotopic (exact) mass is 378 g/mol. The van der Waals surface area contributed by atoms with Crippen LogP contribution in [0.25, 0.3) is 0 Å². The van der Waals surface area contributed by atoms with Crippen molar-refractivity contribution in [3.05, 3.63) is 47.5 Å². The van der Waals surface area contributed by atoms with E-state index in [0.717, 1.165) is 5.56 Å². The molecule has 2 aromatic rings. The third kappa shape index (κ3) is 4.74. The summed E-state index contributed by atoms with van der Waals surface area (Å²) in [6, 6.07) is 9.89. The lowest BCUT2D eigenvalue weighted by molar-refractivity contribution is -0.115. The first-order chi connectivity index (χ1) is 12.3. The van der Waals surface area contributed by atoms with Crippen molar-refractivity contribution < 1.29 is 22.7 Å². The maximum Gasteiger partial charge on any atom is 0.241 e. The molecule has 0 aliphatic carbocycles. The van der Waals surface area contributed by atoms with E-state index in [-0.39, 0.29) is 11.4 Å². The number of anilines is 1. The summed E-state index contributed by atoms with van der Waals surface area (Å²) < 4.78 is 37.4. The van der Waals surface area contributed by atoms with Crippen LogP contribution in [0.15, 0.2) is 41.3 Å². The molecule has 140 valence electrons. The molecule has 2 rings (SSSR count). The van der Waals surface area contributed by atoms with Crippen molar-refractivity contribution in [1.82, 2.24) is 4.72 Å². The lowest BCUT2D eigenvalue weighted by atomic mass is 10.2. The Morgan fingerprint density at radius 1 is 1.00 bits per heavy atom. The van der Waals surface area contributed by atoms with Crippen LogP contribution in [0.5, 0.6) is 11.5 Å². The van der Waals surface area contributed by atoms with E-state index in [2.05, 4.69) is 10.0 Å². The third-order valence-corrected chi connectivity index (χ3v) is 5.27. The van der Waals surface area contributed by atoms with Crippen molar-refractivity contribution in [2.45, 2.75) is 18.7 Å². The van der Waals surface area contributed by atoms with Gasteiger partial charge in [-0.15, -0.1) is 0 Å². The van der Waals surface area contributed by atoms with Crippen LogP contribution in [0.1, 0.15) is 11.1 Å². The molecule has 8 heteroatoms. The maximum absolute atomic E-state index is 12.4. The predicted octanol–water partition coefficient (Wildman–Crippen LogP) is 2.24. The first-order valence-corrected chi connectivity index (χ1v) is 9.34. The summed E-state index contributed by atoms with van der Waals surface area (Å²) in [5.74, 6) is 0.493. The van der Waals surface area contributed by atoms with Crippen LogP contribution in [-0.2, 0) is 14.8 Å². The Morgan fingerprint density at radius 3 is 2.31 bits per heavy atom. The van der Waals surface area contributed by atoms with Gasteiger partial charge in [0.05, 0.1) is 25.7 Å². The van der Waals surface area contributed by atoms with E-state index in [4.69, 9.17) is 9.47 Å². The summed E-state index contributed by atoms with van der Waals surface area (Å²) in [4.78, 5) is 12.2. The lowest BCUT2D eigenvalue weighted by Gasteiger charge is -2.12. The fourth-order valence-corrected chi connectivity index (χ4v) is 3.66. The zero-order chi connectivity index (χ0) is 19.3. The second-order valence-electron chi connectivity index (χ2n) is 5.71. The van der Waals surface area contributed by atoms with Gasteiger partial charge < -0.3 is 14.8 Å². The van der Waals surface area contributed by atoms with E-state index in [1.54, 1.807) is 37.3 Å². The van der Waals surface area contributed by atoms with Gasteiger partial charge in [0.25, 0.3) is 0 Å². The van der Waals surface area contributed by atoms with Gasteiger partial charge in [0, 0.05) is 11.8 Å². The minimum Gasteiger partial charge on any atom is -0.493 e. The summed E-state index contributed by atoms with van der Waals surface area (Å²) in [6.45, 7) is 3.21. The number of nitrogens with one attached hydrogen (secondary N) is 2. The number of hydrogen-bond acceptors (Lipinski definition) is 5. The highest BCUT2D eigenvalue weighted by atomic mass is 32.2. The number of rotatable bonds is 7. The molecular weight excluding hydrogens is 356 g/mol. The summed E-state index contributed by atoms with van der Waals surface area (Å²) in [6.07, 6.45) is 0. The van der Waals surface area contributed by atoms with Gasteiger partial charge in [0.1, 0.15) is 0 Å². The Balaban J connectivity index is 2.04. The summed E-state index contributed by atoms with van der Waals surface area (Å²) in [5.41, 5.74) is 2.06. The van der Waals surface area contributed by atoms with Crippen LogP contribution < -0.4 is 19.5 Å². The first kappa shape index (κ1) is 19.7. The number of benzene rings is 2. The Labute approximate surface area is 153 Å². The molecule has 0 aliphatic heterocycles. The van der Waals surface area contributed by atoms with Gasteiger partial charge >= 0.3 is 0 Å². The standard InChI is InChI=1S/C18H22N2O5S/c1-12-5-8-17(13(2)9-12)26(22,23)19-11-18(21)20-14-6-7-15(24-3)16(10-14)25-4/h5-10,19H,11H2,1-4H3,(H,20,21).